The lowest BCUT2D eigenvalue weighted by Crippen LogP contribution is -2.30. The summed E-state index contributed by atoms with van der Waals surface area (Å²) in [6.07, 6.45) is 65.6. The molecule has 0 spiro atoms. The highest BCUT2D eigenvalue weighted by atomic mass is 31.2. The highest BCUT2D eigenvalue weighted by Gasteiger charge is 2.28. The Bertz CT molecular complexity index is 1550. The Hall–Kier alpha value is -3.08. The van der Waals surface area contributed by atoms with E-state index >= 15 is 0 Å². The standard InChI is InChI=1S/C64H113O11P/c1-4-7-10-13-16-19-22-25-28-30-33-35-38-41-44-47-50-53-62(66)71-57-61(75-64(68)55-52-49-46-43-40-37-34-31-29-26-23-20-17-14-11-8-5-2)59-73-76(69,70)72-58-60(56-65)74-63(67)54-51-48-45-42-39-36-32-27-24-21-18-15-12-9-6-3/h7,10,16-17,19-20,25-26,28-29,33,35,60-61,65H,4-6,8-9,11-15,18,21-24,27,30-32,34,36-59H2,1-3H3,(H,69,70)/b10-7-,19-16-,20-17-,28-25-,29-26-,35-33-. The average Bonchev–Trinajstić information content (AvgIpc) is 3.41. The van der Waals surface area contributed by atoms with E-state index in [2.05, 4.69) is 93.7 Å². The maximum atomic E-state index is 12.9. The van der Waals surface area contributed by atoms with Crippen LogP contribution < -0.4 is 0 Å². The molecule has 0 aliphatic heterocycles. The van der Waals surface area contributed by atoms with Crippen LogP contribution in [0.1, 0.15) is 278 Å². The predicted octanol–water partition coefficient (Wildman–Crippen LogP) is 18.5. The van der Waals surface area contributed by atoms with Gasteiger partial charge >= 0.3 is 25.7 Å². The van der Waals surface area contributed by atoms with Crippen molar-refractivity contribution in [2.45, 2.75) is 290 Å². The molecule has 0 amide bonds. The van der Waals surface area contributed by atoms with Crippen LogP contribution in [0.3, 0.4) is 0 Å². The Labute approximate surface area is 465 Å². The lowest BCUT2D eigenvalue weighted by atomic mass is 10.0. The van der Waals surface area contributed by atoms with Crippen LogP contribution in [0, 0.1) is 0 Å². The van der Waals surface area contributed by atoms with Gasteiger partial charge in [0.15, 0.2) is 6.10 Å². The molecule has 3 unspecified atom stereocenters. The number of rotatable bonds is 57. The van der Waals surface area contributed by atoms with Gasteiger partial charge < -0.3 is 24.2 Å². The average molecular weight is 1090 g/mol. The number of aliphatic hydroxyl groups excluding tert-OH is 1. The van der Waals surface area contributed by atoms with Crippen LogP contribution in [0.5, 0.6) is 0 Å². The van der Waals surface area contributed by atoms with E-state index in [4.69, 9.17) is 23.3 Å². The van der Waals surface area contributed by atoms with Gasteiger partial charge in [-0.2, -0.15) is 0 Å². The Kier molecular flexibility index (Phi) is 55.7. The van der Waals surface area contributed by atoms with Crippen LogP contribution in [0.15, 0.2) is 72.9 Å². The number of aliphatic hydroxyl groups is 1. The quantitative estimate of drug-likeness (QED) is 0.0197. The van der Waals surface area contributed by atoms with Gasteiger partial charge in [0.05, 0.1) is 19.8 Å². The van der Waals surface area contributed by atoms with Crippen LogP contribution in [-0.2, 0) is 42.2 Å². The third-order valence-electron chi connectivity index (χ3n) is 13.1. The van der Waals surface area contributed by atoms with Gasteiger partial charge in [0.2, 0.25) is 0 Å². The molecule has 0 radical (unpaired) electrons. The van der Waals surface area contributed by atoms with E-state index in [9.17, 15) is 28.9 Å². The highest BCUT2D eigenvalue weighted by Crippen LogP contribution is 2.43. The van der Waals surface area contributed by atoms with Gasteiger partial charge in [0.1, 0.15) is 12.7 Å². The molecule has 440 valence electrons. The zero-order valence-electron chi connectivity index (χ0n) is 48.7. The summed E-state index contributed by atoms with van der Waals surface area (Å²) in [7, 11) is -4.76. The number of carbonyl (C=O) groups is 3. The van der Waals surface area contributed by atoms with E-state index in [1.54, 1.807) is 0 Å². The third-order valence-corrected chi connectivity index (χ3v) is 14.1. The molecule has 0 aliphatic carbocycles. The number of allylic oxidation sites excluding steroid dienone is 12. The molecule has 3 atom stereocenters. The van der Waals surface area contributed by atoms with Gasteiger partial charge in [-0.05, 0) is 89.9 Å². The van der Waals surface area contributed by atoms with Crippen LogP contribution in [0.4, 0.5) is 0 Å². The molecule has 0 saturated carbocycles. The van der Waals surface area contributed by atoms with Crippen LogP contribution >= 0.6 is 7.82 Å². The summed E-state index contributed by atoms with van der Waals surface area (Å²) in [4.78, 5) is 48.7. The topological polar surface area (TPSA) is 155 Å². The van der Waals surface area contributed by atoms with Gasteiger partial charge in [0.25, 0.3) is 0 Å². The molecule has 76 heavy (non-hydrogen) atoms. The lowest BCUT2D eigenvalue weighted by molar-refractivity contribution is -0.161. The van der Waals surface area contributed by atoms with Crippen LogP contribution in [0.25, 0.3) is 0 Å². The van der Waals surface area contributed by atoms with Crippen LogP contribution in [0.2, 0.25) is 0 Å². The molecule has 0 aromatic rings. The molecule has 0 aromatic carbocycles. The van der Waals surface area contributed by atoms with Crippen molar-refractivity contribution in [3.63, 3.8) is 0 Å². The van der Waals surface area contributed by atoms with E-state index < -0.39 is 57.8 Å². The second-order valence-corrected chi connectivity index (χ2v) is 21.9. The Morgan fingerprint density at radius 3 is 1.08 bits per heavy atom. The zero-order valence-corrected chi connectivity index (χ0v) is 49.6. The van der Waals surface area contributed by atoms with Gasteiger partial charge in [-0.3, -0.25) is 23.4 Å². The summed E-state index contributed by atoms with van der Waals surface area (Å²) in [5, 5.41) is 9.84. The van der Waals surface area contributed by atoms with Gasteiger partial charge in [-0.1, -0.05) is 241 Å². The minimum absolute atomic E-state index is 0.152. The second kappa shape index (κ2) is 58.1. The molecular weight excluding hydrogens is 976 g/mol. The number of hydrogen-bond acceptors (Lipinski definition) is 10. The van der Waals surface area contributed by atoms with Crippen molar-refractivity contribution in [1.29, 1.82) is 0 Å². The predicted molar refractivity (Wildman–Crippen MR) is 316 cm³/mol. The van der Waals surface area contributed by atoms with Gasteiger partial charge in [-0.25, -0.2) is 4.57 Å². The van der Waals surface area contributed by atoms with E-state index in [0.29, 0.717) is 19.3 Å². The first kappa shape index (κ1) is 72.9. The van der Waals surface area contributed by atoms with Crippen molar-refractivity contribution in [1.82, 2.24) is 0 Å². The summed E-state index contributed by atoms with van der Waals surface area (Å²) < 4.78 is 39.6. The Morgan fingerprint density at radius 1 is 0.382 bits per heavy atom. The van der Waals surface area contributed by atoms with Gasteiger partial charge in [0, 0.05) is 19.3 Å². The summed E-state index contributed by atoms with van der Waals surface area (Å²) >= 11 is 0. The molecule has 0 rings (SSSR count). The summed E-state index contributed by atoms with van der Waals surface area (Å²) in [6, 6.07) is 0. The maximum absolute atomic E-state index is 12.9. The maximum Gasteiger partial charge on any atom is 0.472 e. The minimum atomic E-state index is -4.76. The number of phosphoric acid groups is 1. The van der Waals surface area contributed by atoms with Crippen molar-refractivity contribution in [2.75, 3.05) is 26.4 Å². The fourth-order valence-electron chi connectivity index (χ4n) is 8.44. The van der Waals surface area contributed by atoms with Crippen LogP contribution in [-0.4, -0.2) is 66.5 Å². The van der Waals surface area contributed by atoms with Crippen molar-refractivity contribution in [3.8, 4) is 0 Å². The normalized spacial score (nSPS) is 13.8. The van der Waals surface area contributed by atoms with Gasteiger partial charge in [-0.15, -0.1) is 0 Å². The van der Waals surface area contributed by atoms with E-state index in [0.717, 1.165) is 109 Å². The molecule has 11 nitrogen and oxygen atoms in total. The first-order chi connectivity index (χ1) is 37.2. The number of unbranched alkanes of at least 4 members (excludes halogenated alkanes) is 28. The molecule has 2 N–H and O–H groups in total. The molecule has 0 aliphatic rings. The Morgan fingerprint density at radius 2 is 0.684 bits per heavy atom. The third kappa shape index (κ3) is 55.7. The van der Waals surface area contributed by atoms with Crippen molar-refractivity contribution in [3.05, 3.63) is 72.9 Å². The van der Waals surface area contributed by atoms with E-state index in [1.807, 2.05) is 0 Å². The monoisotopic (exact) mass is 1090 g/mol. The number of carbonyl (C=O) groups excluding carboxylic acids is 3. The van der Waals surface area contributed by atoms with E-state index in [-0.39, 0.29) is 25.9 Å². The highest BCUT2D eigenvalue weighted by molar-refractivity contribution is 7.47. The van der Waals surface area contributed by atoms with Crippen molar-refractivity contribution < 1.29 is 52.2 Å². The molecule has 0 fully saturated rings. The SMILES string of the molecule is CC/C=C\C/C=C\C/C=C\C/C=C\CCCCCCC(=O)OCC(COP(=O)(O)OCC(CO)OC(=O)CCCCCCCCCCCCCCCCC)OC(=O)CCCCCCCCC/C=C\C/C=C\CCCCC. The smallest absolute Gasteiger partial charge is 0.462 e. The first-order valence-electron chi connectivity index (χ1n) is 30.8. The second-order valence-electron chi connectivity index (χ2n) is 20.5. The summed E-state index contributed by atoms with van der Waals surface area (Å²) in [5.74, 6) is -1.49. The molecular formula is C64H113O11P. The zero-order chi connectivity index (χ0) is 55.5. The lowest BCUT2D eigenvalue weighted by Gasteiger charge is -2.21. The molecule has 0 aromatic heterocycles. The largest absolute Gasteiger partial charge is 0.472 e. The summed E-state index contributed by atoms with van der Waals surface area (Å²) in [6.45, 7) is 4.51. The number of hydrogen-bond donors (Lipinski definition) is 2. The first-order valence-corrected chi connectivity index (χ1v) is 32.3. The molecule has 0 heterocycles. The fourth-order valence-corrected chi connectivity index (χ4v) is 9.22. The van der Waals surface area contributed by atoms with Crippen molar-refractivity contribution in [2.24, 2.45) is 0 Å². The Balaban J connectivity index is 4.75. The number of esters is 3. The van der Waals surface area contributed by atoms with Crippen molar-refractivity contribution >= 4 is 25.7 Å². The molecule has 0 saturated heterocycles. The van der Waals surface area contributed by atoms with E-state index in [1.165, 1.54) is 109 Å². The summed E-state index contributed by atoms with van der Waals surface area (Å²) in [5.41, 5.74) is 0. The number of phosphoric ester groups is 1. The number of ether oxygens (including phenoxy) is 3. The molecule has 0 bridgehead atoms. The fraction of sp³-hybridized carbons (Fsp3) is 0.766. The minimum Gasteiger partial charge on any atom is -0.462 e. The molecule has 12 heteroatoms.